The average Bonchev–Trinajstić information content (AvgIpc) is 2.46. The number of nitrogens with zero attached hydrogens (tertiary/aromatic N) is 2. The monoisotopic (exact) mass is 194 g/mol. The summed E-state index contributed by atoms with van der Waals surface area (Å²) in [7, 11) is 0. The SMILES string of the molecule is C=Nc1c(C(=C)S)ccn1C(C)C. The first-order chi connectivity index (χ1) is 6.07. The Hall–Kier alpha value is -0.960. The van der Waals surface area contributed by atoms with Crippen LogP contribution in [0.25, 0.3) is 4.91 Å². The lowest BCUT2D eigenvalue weighted by Gasteiger charge is -2.10. The molecule has 1 heterocycles. The van der Waals surface area contributed by atoms with E-state index in [0.29, 0.717) is 6.04 Å². The first-order valence-electron chi connectivity index (χ1n) is 4.13. The highest BCUT2D eigenvalue weighted by Crippen LogP contribution is 2.30. The normalized spacial score (nSPS) is 10.5. The van der Waals surface area contributed by atoms with Gasteiger partial charge < -0.3 is 4.57 Å². The van der Waals surface area contributed by atoms with Crippen LogP contribution in [0.15, 0.2) is 23.8 Å². The molecule has 1 aromatic heterocycles. The predicted octanol–water partition coefficient (Wildman–Crippen LogP) is 3.30. The van der Waals surface area contributed by atoms with Crippen molar-refractivity contribution >= 4 is 30.1 Å². The van der Waals surface area contributed by atoms with Crippen LogP contribution >= 0.6 is 12.6 Å². The summed E-state index contributed by atoms with van der Waals surface area (Å²) in [4.78, 5) is 4.70. The van der Waals surface area contributed by atoms with E-state index < -0.39 is 0 Å². The molecule has 3 heteroatoms. The van der Waals surface area contributed by atoms with Gasteiger partial charge in [0, 0.05) is 22.7 Å². The van der Waals surface area contributed by atoms with Crippen molar-refractivity contribution < 1.29 is 0 Å². The summed E-state index contributed by atoms with van der Waals surface area (Å²) in [6.07, 6.45) is 1.98. The van der Waals surface area contributed by atoms with Gasteiger partial charge in [-0.2, -0.15) is 0 Å². The number of rotatable bonds is 3. The zero-order valence-electron chi connectivity index (χ0n) is 7.99. The lowest BCUT2D eigenvalue weighted by atomic mass is 10.3. The van der Waals surface area contributed by atoms with E-state index in [2.05, 4.69) is 44.8 Å². The second kappa shape index (κ2) is 3.83. The van der Waals surface area contributed by atoms with E-state index in [1.54, 1.807) is 0 Å². The first kappa shape index (κ1) is 10.1. The third-order valence-corrected chi connectivity index (χ3v) is 2.15. The first-order valence-corrected chi connectivity index (χ1v) is 4.58. The summed E-state index contributed by atoms with van der Waals surface area (Å²) in [6, 6.07) is 2.33. The predicted molar refractivity (Wildman–Crippen MR) is 62.0 cm³/mol. The topological polar surface area (TPSA) is 17.3 Å². The van der Waals surface area contributed by atoms with Crippen LogP contribution in [0.3, 0.4) is 0 Å². The fourth-order valence-electron chi connectivity index (χ4n) is 1.25. The second-order valence-electron chi connectivity index (χ2n) is 3.16. The van der Waals surface area contributed by atoms with Crippen molar-refractivity contribution in [1.29, 1.82) is 0 Å². The van der Waals surface area contributed by atoms with E-state index in [4.69, 9.17) is 0 Å². The maximum Gasteiger partial charge on any atom is 0.140 e. The smallest absolute Gasteiger partial charge is 0.140 e. The molecule has 13 heavy (non-hydrogen) atoms. The summed E-state index contributed by atoms with van der Waals surface area (Å²) in [6.45, 7) is 11.5. The van der Waals surface area contributed by atoms with Crippen LogP contribution in [-0.2, 0) is 0 Å². The molecule has 0 saturated carbocycles. The summed E-state index contributed by atoms with van der Waals surface area (Å²) >= 11 is 4.20. The van der Waals surface area contributed by atoms with Crippen LogP contribution < -0.4 is 0 Å². The molecule has 0 N–H and O–H groups in total. The lowest BCUT2D eigenvalue weighted by molar-refractivity contribution is 0.608. The summed E-state index contributed by atoms with van der Waals surface area (Å²) in [5.74, 6) is 0.843. The quantitative estimate of drug-likeness (QED) is 0.562. The van der Waals surface area contributed by atoms with Crippen LogP contribution in [0.1, 0.15) is 25.5 Å². The van der Waals surface area contributed by atoms with Gasteiger partial charge in [-0.3, -0.25) is 0 Å². The molecule has 0 fully saturated rings. The van der Waals surface area contributed by atoms with Gasteiger partial charge >= 0.3 is 0 Å². The van der Waals surface area contributed by atoms with Crippen molar-refractivity contribution in [3.8, 4) is 0 Å². The highest BCUT2D eigenvalue weighted by Gasteiger charge is 2.09. The van der Waals surface area contributed by atoms with Crippen LogP contribution in [-0.4, -0.2) is 11.3 Å². The summed E-state index contributed by atoms with van der Waals surface area (Å²) in [5, 5.41) is 0. The molecule has 2 nitrogen and oxygen atoms in total. The minimum atomic E-state index is 0.377. The highest BCUT2D eigenvalue weighted by molar-refractivity contribution is 7.90. The molecule has 0 atom stereocenters. The zero-order valence-corrected chi connectivity index (χ0v) is 8.88. The van der Waals surface area contributed by atoms with E-state index in [1.807, 2.05) is 16.8 Å². The third-order valence-electron chi connectivity index (χ3n) is 1.90. The molecule has 0 aliphatic carbocycles. The van der Waals surface area contributed by atoms with E-state index in [-0.39, 0.29) is 0 Å². The molecule has 0 aromatic carbocycles. The molecule has 70 valence electrons. The largest absolute Gasteiger partial charge is 0.330 e. The minimum absolute atomic E-state index is 0.377. The Morgan fingerprint density at radius 3 is 2.62 bits per heavy atom. The highest BCUT2D eigenvalue weighted by atomic mass is 32.1. The van der Waals surface area contributed by atoms with Gasteiger partial charge in [-0.1, -0.05) is 6.58 Å². The zero-order chi connectivity index (χ0) is 10.0. The molecule has 0 spiro atoms. The molecule has 0 aliphatic heterocycles. The Morgan fingerprint density at radius 1 is 1.62 bits per heavy atom. The minimum Gasteiger partial charge on any atom is -0.330 e. The molecule has 1 aromatic rings. The van der Waals surface area contributed by atoms with Crippen molar-refractivity contribution in [3.63, 3.8) is 0 Å². The van der Waals surface area contributed by atoms with Gasteiger partial charge in [0.2, 0.25) is 0 Å². The molecular formula is C10H14N2S. The molecule has 0 saturated heterocycles. The van der Waals surface area contributed by atoms with Gasteiger partial charge in [0.1, 0.15) is 5.82 Å². The Balaban J connectivity index is 3.26. The summed E-state index contributed by atoms with van der Waals surface area (Å²) < 4.78 is 2.05. The molecule has 0 aliphatic rings. The number of hydrogen-bond acceptors (Lipinski definition) is 2. The molecule has 0 amide bonds. The average molecular weight is 194 g/mol. The third kappa shape index (κ3) is 1.86. The second-order valence-corrected chi connectivity index (χ2v) is 3.70. The Morgan fingerprint density at radius 2 is 2.23 bits per heavy atom. The lowest BCUT2D eigenvalue weighted by Crippen LogP contribution is -1.97. The summed E-state index contributed by atoms with van der Waals surface area (Å²) in [5.41, 5.74) is 0.951. The van der Waals surface area contributed by atoms with Crippen molar-refractivity contribution in [2.24, 2.45) is 4.99 Å². The van der Waals surface area contributed by atoms with Gasteiger partial charge in [0.25, 0.3) is 0 Å². The van der Waals surface area contributed by atoms with Crippen molar-refractivity contribution in [2.75, 3.05) is 0 Å². The number of aliphatic imine (C=N–C) groups is 1. The molecule has 0 unspecified atom stereocenters. The van der Waals surface area contributed by atoms with Crippen molar-refractivity contribution in [1.82, 2.24) is 4.57 Å². The maximum absolute atomic E-state index is 4.20. The van der Waals surface area contributed by atoms with Gasteiger partial charge in [-0.25, -0.2) is 4.99 Å². The molecule has 0 radical (unpaired) electrons. The fourth-order valence-corrected chi connectivity index (χ4v) is 1.42. The van der Waals surface area contributed by atoms with E-state index in [9.17, 15) is 0 Å². The standard InChI is InChI=1S/C10H14N2S/c1-7(2)12-6-5-9(8(3)13)10(12)11-4/h5-7,13H,3-4H2,1-2H3. The van der Waals surface area contributed by atoms with Gasteiger partial charge in [0.15, 0.2) is 0 Å². The van der Waals surface area contributed by atoms with Gasteiger partial charge in [-0.05, 0) is 26.6 Å². The maximum atomic E-state index is 4.20. The fraction of sp³-hybridized carbons (Fsp3) is 0.300. The molecular weight excluding hydrogens is 180 g/mol. The Bertz CT molecular complexity index is 337. The van der Waals surface area contributed by atoms with Crippen LogP contribution in [0.5, 0.6) is 0 Å². The number of hydrogen-bond donors (Lipinski definition) is 1. The van der Waals surface area contributed by atoms with Crippen molar-refractivity contribution in [3.05, 3.63) is 24.4 Å². The number of aromatic nitrogens is 1. The van der Waals surface area contributed by atoms with E-state index in [0.717, 1.165) is 16.3 Å². The molecule has 1 rings (SSSR count). The van der Waals surface area contributed by atoms with E-state index in [1.165, 1.54) is 0 Å². The van der Waals surface area contributed by atoms with Crippen LogP contribution in [0.2, 0.25) is 0 Å². The number of thiol groups is 1. The Kier molecular flexibility index (Phi) is 2.98. The molecule has 0 bridgehead atoms. The van der Waals surface area contributed by atoms with Gasteiger partial charge in [0.05, 0.1) is 0 Å². The van der Waals surface area contributed by atoms with Gasteiger partial charge in [-0.15, -0.1) is 12.6 Å². The van der Waals surface area contributed by atoms with Crippen LogP contribution in [0.4, 0.5) is 5.82 Å². The Labute approximate surface area is 84.4 Å². The van der Waals surface area contributed by atoms with Crippen LogP contribution in [0, 0.1) is 0 Å². The van der Waals surface area contributed by atoms with Crippen molar-refractivity contribution in [2.45, 2.75) is 19.9 Å². The van der Waals surface area contributed by atoms with E-state index >= 15 is 0 Å².